The smallest absolute Gasteiger partial charge is 0.115 e. The predicted molar refractivity (Wildman–Crippen MR) is 69.7 cm³/mol. The zero-order valence-electron chi connectivity index (χ0n) is 8.86. The molecule has 82 valence electrons. The van der Waals surface area contributed by atoms with E-state index in [4.69, 9.17) is 0 Å². The average Bonchev–Trinajstić information content (AvgIpc) is 2.28. The molecule has 0 heterocycles. The van der Waals surface area contributed by atoms with Crippen molar-refractivity contribution in [1.82, 2.24) is 0 Å². The summed E-state index contributed by atoms with van der Waals surface area (Å²) in [5.41, 5.74) is 2.46. The maximum absolute atomic E-state index is 9.36. The van der Waals surface area contributed by atoms with Gasteiger partial charge in [-0.1, -0.05) is 46.3 Å². The Balaban J connectivity index is 2.05. The van der Waals surface area contributed by atoms with Crippen LogP contribution in [0.5, 0.6) is 5.75 Å². The second kappa shape index (κ2) is 5.17. The molecule has 1 nitrogen and oxygen atoms in total. The van der Waals surface area contributed by atoms with Crippen LogP contribution >= 0.6 is 15.9 Å². The van der Waals surface area contributed by atoms with Crippen molar-refractivity contribution >= 4 is 15.9 Å². The van der Waals surface area contributed by atoms with Gasteiger partial charge in [0.1, 0.15) is 5.75 Å². The van der Waals surface area contributed by atoms with Gasteiger partial charge >= 0.3 is 0 Å². The van der Waals surface area contributed by atoms with E-state index in [-0.39, 0.29) is 0 Å². The first-order valence-electron chi connectivity index (χ1n) is 5.27. The Labute approximate surface area is 104 Å². The van der Waals surface area contributed by atoms with Crippen LogP contribution in [-0.4, -0.2) is 5.11 Å². The fourth-order valence-corrected chi connectivity index (χ4v) is 2.18. The molecule has 0 aliphatic heterocycles. The van der Waals surface area contributed by atoms with E-state index in [9.17, 15) is 5.11 Å². The lowest BCUT2D eigenvalue weighted by Gasteiger charge is -2.04. The Hall–Kier alpha value is -1.28. The molecule has 16 heavy (non-hydrogen) atoms. The van der Waals surface area contributed by atoms with Crippen LogP contribution < -0.4 is 0 Å². The van der Waals surface area contributed by atoms with Gasteiger partial charge in [-0.05, 0) is 42.2 Å². The zero-order chi connectivity index (χ0) is 11.4. The summed E-state index contributed by atoms with van der Waals surface area (Å²) in [6, 6.07) is 15.7. The van der Waals surface area contributed by atoms with Gasteiger partial charge in [0.05, 0.1) is 0 Å². The second-order valence-electron chi connectivity index (χ2n) is 3.76. The Morgan fingerprint density at radius 3 is 2.50 bits per heavy atom. The Morgan fingerprint density at radius 1 is 0.938 bits per heavy atom. The normalized spacial score (nSPS) is 10.3. The summed E-state index contributed by atoms with van der Waals surface area (Å²) in [5, 5.41) is 9.36. The number of halogens is 1. The van der Waals surface area contributed by atoms with E-state index in [0.717, 1.165) is 22.9 Å². The number of hydrogen-bond acceptors (Lipinski definition) is 1. The lowest BCUT2D eigenvalue weighted by molar-refractivity contribution is 0.474. The first-order valence-corrected chi connectivity index (χ1v) is 6.06. The van der Waals surface area contributed by atoms with Crippen LogP contribution in [0.2, 0.25) is 0 Å². The van der Waals surface area contributed by atoms with E-state index in [2.05, 4.69) is 28.1 Å². The van der Waals surface area contributed by atoms with E-state index in [1.54, 1.807) is 6.07 Å². The monoisotopic (exact) mass is 276 g/mol. The number of phenolic OH excluding ortho intramolecular Hbond substituents is 1. The second-order valence-corrected chi connectivity index (χ2v) is 4.62. The molecule has 0 bridgehead atoms. The maximum Gasteiger partial charge on any atom is 0.115 e. The topological polar surface area (TPSA) is 20.2 Å². The molecule has 2 aromatic rings. The molecule has 0 amide bonds. The third-order valence-electron chi connectivity index (χ3n) is 2.55. The largest absolute Gasteiger partial charge is 0.508 e. The van der Waals surface area contributed by atoms with Crippen LogP contribution in [0.4, 0.5) is 0 Å². The highest BCUT2D eigenvalue weighted by molar-refractivity contribution is 9.10. The summed E-state index contributed by atoms with van der Waals surface area (Å²) in [6.07, 6.45) is 1.92. The number of aromatic hydroxyl groups is 1. The van der Waals surface area contributed by atoms with Crippen molar-refractivity contribution in [2.45, 2.75) is 12.8 Å². The van der Waals surface area contributed by atoms with Crippen LogP contribution in [0.3, 0.4) is 0 Å². The molecule has 0 atom stereocenters. The van der Waals surface area contributed by atoms with Gasteiger partial charge in [-0.25, -0.2) is 0 Å². The van der Waals surface area contributed by atoms with Crippen molar-refractivity contribution < 1.29 is 5.11 Å². The summed E-state index contributed by atoms with van der Waals surface area (Å²) >= 11 is 3.53. The van der Waals surface area contributed by atoms with Gasteiger partial charge in [0.25, 0.3) is 0 Å². The highest BCUT2D eigenvalue weighted by Crippen LogP contribution is 2.19. The molecule has 0 saturated carbocycles. The minimum atomic E-state index is 0.338. The molecule has 2 rings (SSSR count). The van der Waals surface area contributed by atoms with Crippen molar-refractivity contribution in [2.75, 3.05) is 0 Å². The van der Waals surface area contributed by atoms with Gasteiger partial charge in [0.15, 0.2) is 0 Å². The fourth-order valence-electron chi connectivity index (χ4n) is 1.69. The Morgan fingerprint density at radius 2 is 1.75 bits per heavy atom. The van der Waals surface area contributed by atoms with Crippen LogP contribution in [-0.2, 0) is 12.8 Å². The predicted octanol–water partition coefficient (Wildman–Crippen LogP) is 3.94. The molecule has 0 saturated heterocycles. The highest BCUT2D eigenvalue weighted by atomic mass is 79.9. The van der Waals surface area contributed by atoms with Crippen LogP contribution in [0.15, 0.2) is 53.0 Å². The van der Waals surface area contributed by atoms with E-state index < -0.39 is 0 Å². The Bertz CT molecular complexity index is 480. The third kappa shape index (κ3) is 2.86. The van der Waals surface area contributed by atoms with Crippen molar-refractivity contribution in [2.24, 2.45) is 0 Å². The van der Waals surface area contributed by atoms with Gasteiger partial charge in [-0.2, -0.15) is 0 Å². The van der Waals surface area contributed by atoms with Crippen LogP contribution in [0.25, 0.3) is 0 Å². The molecule has 2 aromatic carbocycles. The van der Waals surface area contributed by atoms with Gasteiger partial charge in [-0.15, -0.1) is 0 Å². The number of phenols is 1. The van der Waals surface area contributed by atoms with Gasteiger partial charge in [0, 0.05) is 4.47 Å². The van der Waals surface area contributed by atoms with Crippen LogP contribution in [0.1, 0.15) is 11.1 Å². The minimum absolute atomic E-state index is 0.338. The molecule has 0 aliphatic rings. The minimum Gasteiger partial charge on any atom is -0.508 e. The molecule has 0 aromatic heterocycles. The first kappa shape index (κ1) is 11.2. The van der Waals surface area contributed by atoms with Crippen molar-refractivity contribution in [3.63, 3.8) is 0 Å². The van der Waals surface area contributed by atoms with Crippen LogP contribution in [0, 0.1) is 0 Å². The summed E-state index contributed by atoms with van der Waals surface area (Å²) in [7, 11) is 0. The fraction of sp³-hybridized carbons (Fsp3) is 0.143. The van der Waals surface area contributed by atoms with Gasteiger partial charge < -0.3 is 5.11 Å². The zero-order valence-corrected chi connectivity index (χ0v) is 10.4. The van der Waals surface area contributed by atoms with E-state index >= 15 is 0 Å². The summed E-state index contributed by atoms with van der Waals surface area (Å²) in [6.45, 7) is 0. The van der Waals surface area contributed by atoms with Crippen molar-refractivity contribution in [3.8, 4) is 5.75 Å². The number of aryl methyl sites for hydroxylation is 2. The third-order valence-corrected chi connectivity index (χ3v) is 3.33. The molecule has 1 N–H and O–H groups in total. The molecular formula is C14H13BrO. The van der Waals surface area contributed by atoms with Gasteiger partial charge in [0.2, 0.25) is 0 Å². The SMILES string of the molecule is Oc1cccc(CCc2ccccc2Br)c1. The molecule has 0 radical (unpaired) electrons. The molecule has 0 aliphatic carbocycles. The molecule has 2 heteroatoms. The molecular weight excluding hydrogens is 264 g/mol. The van der Waals surface area contributed by atoms with E-state index in [1.807, 2.05) is 30.3 Å². The summed E-state index contributed by atoms with van der Waals surface area (Å²) in [5.74, 6) is 0.338. The average molecular weight is 277 g/mol. The number of rotatable bonds is 3. The lowest BCUT2D eigenvalue weighted by atomic mass is 10.0. The van der Waals surface area contributed by atoms with E-state index in [1.165, 1.54) is 5.56 Å². The Kier molecular flexibility index (Phi) is 3.62. The summed E-state index contributed by atoms with van der Waals surface area (Å²) in [4.78, 5) is 0. The summed E-state index contributed by atoms with van der Waals surface area (Å²) < 4.78 is 1.15. The number of hydrogen-bond donors (Lipinski definition) is 1. The first-order chi connectivity index (χ1) is 7.75. The molecule has 0 spiro atoms. The number of benzene rings is 2. The lowest BCUT2D eigenvalue weighted by Crippen LogP contribution is -1.91. The van der Waals surface area contributed by atoms with Crippen molar-refractivity contribution in [3.05, 3.63) is 64.1 Å². The van der Waals surface area contributed by atoms with E-state index in [0.29, 0.717) is 5.75 Å². The highest BCUT2D eigenvalue weighted by Gasteiger charge is 2.00. The molecule has 0 fully saturated rings. The molecule has 0 unspecified atom stereocenters. The van der Waals surface area contributed by atoms with Gasteiger partial charge in [-0.3, -0.25) is 0 Å². The maximum atomic E-state index is 9.36. The quantitative estimate of drug-likeness (QED) is 0.901. The standard InChI is InChI=1S/C14H13BrO/c15-14-7-2-1-5-12(14)9-8-11-4-3-6-13(16)10-11/h1-7,10,16H,8-9H2. The van der Waals surface area contributed by atoms with Crippen molar-refractivity contribution in [1.29, 1.82) is 0 Å².